The third kappa shape index (κ3) is 26.0. The first kappa shape index (κ1) is 76.6. The lowest BCUT2D eigenvalue weighted by molar-refractivity contribution is -0.143. The minimum atomic E-state index is -1.74. The number of amides is 12. The van der Waals surface area contributed by atoms with Crippen LogP contribution in [0.5, 0.6) is 0 Å². The number of primary amides is 1. The van der Waals surface area contributed by atoms with Crippen LogP contribution in [0.1, 0.15) is 114 Å². The number of nitrogens with one attached hydrogen (secondary N) is 10. The molecular weight excluding hydrogens is 1150 g/mol. The van der Waals surface area contributed by atoms with Crippen molar-refractivity contribution in [1.29, 1.82) is 0 Å². The van der Waals surface area contributed by atoms with Gasteiger partial charge < -0.3 is 101 Å². The number of guanidine groups is 1. The van der Waals surface area contributed by atoms with Crippen LogP contribution in [0.4, 0.5) is 0 Å². The number of aliphatic imine (C=N–C) groups is 1. The van der Waals surface area contributed by atoms with Gasteiger partial charge in [-0.3, -0.25) is 62.5 Å². The molecule has 1 fully saturated rings. The maximum absolute atomic E-state index is 14.1. The molecule has 0 aromatic carbocycles. The normalized spacial score (nSPS) is 17.6. The predicted molar refractivity (Wildman–Crippen MR) is 313 cm³/mol. The van der Waals surface area contributed by atoms with Crippen LogP contribution < -0.4 is 76.1 Å². The van der Waals surface area contributed by atoms with Crippen molar-refractivity contribution in [3.05, 3.63) is 0 Å². The number of hydrogen-bond donors (Lipinski definition) is 19. The van der Waals surface area contributed by atoms with Gasteiger partial charge in [-0.15, -0.1) is 0 Å². The zero-order valence-corrected chi connectivity index (χ0v) is 51.2. The number of rotatable bonds is 37. The van der Waals surface area contributed by atoms with Gasteiger partial charge in [0.2, 0.25) is 70.9 Å². The Morgan fingerprint density at radius 3 is 1.55 bits per heavy atom. The maximum atomic E-state index is 14.1. The first-order valence-electron chi connectivity index (χ1n) is 28.2. The number of likely N-dealkylation sites (tertiary alicyclic amines) is 1. The number of aliphatic hydroxyl groups is 3. The van der Waals surface area contributed by atoms with Gasteiger partial charge in [0.15, 0.2) is 5.96 Å². The van der Waals surface area contributed by atoms with Gasteiger partial charge in [0.05, 0.1) is 25.2 Å². The summed E-state index contributed by atoms with van der Waals surface area (Å²) in [4.78, 5) is 178. The standard InChI is InChI=1S/C52H92N16O17S/c1-22(2)17-30(43(76)60-29(13-11-15-57-52(55)56)41(74)65-34(21-86)45(78)63-32(51(84)85)18-23(3)4)62-49(82)39(28(10)71)67-46(79)35-14-12-16-68(35)50(83)26(8)59-48(81)38(24(5)6)66-40(73)25(7)58-42(75)31(19-36(53)72)61-44(77)33(20-69)64-47(80)37(54)27(9)70/h22-35,37-39,69-71,86H,11-21,54H2,1-10H3,(H2,53,72)(H,58,75)(H,59,81)(H,60,76)(H,61,77)(H,62,82)(H,63,78)(H,64,80)(H,65,74)(H,66,73)(H,67,79)(H,84,85)(H4,55,56,57)/t25-,26-,27+,28+,29-,30-,31-,32-,33-,34-,35-,37-,38-,39-/m0/s1. The Kier molecular flexibility index (Phi) is 33.1. The molecule has 86 heavy (non-hydrogen) atoms. The van der Waals surface area contributed by atoms with Crippen molar-refractivity contribution >= 4 is 95.4 Å². The molecule has 0 aliphatic carbocycles. The molecule has 1 aliphatic rings. The van der Waals surface area contributed by atoms with E-state index in [2.05, 4.69) is 70.8 Å². The summed E-state index contributed by atoms with van der Waals surface area (Å²) >= 11 is 4.18. The van der Waals surface area contributed by atoms with Crippen molar-refractivity contribution in [3.63, 3.8) is 0 Å². The molecule has 0 radical (unpaired) electrons. The minimum absolute atomic E-state index is 0.0195. The minimum Gasteiger partial charge on any atom is -0.480 e. The van der Waals surface area contributed by atoms with Gasteiger partial charge >= 0.3 is 5.97 Å². The van der Waals surface area contributed by atoms with Crippen molar-refractivity contribution in [1.82, 2.24) is 58.1 Å². The molecule has 22 N–H and O–H groups in total. The zero-order valence-electron chi connectivity index (χ0n) is 50.3. The lowest BCUT2D eigenvalue weighted by Crippen LogP contribution is -2.62. The molecule has 1 aliphatic heterocycles. The van der Waals surface area contributed by atoms with E-state index < -0.39 is 181 Å². The van der Waals surface area contributed by atoms with Crippen LogP contribution in [0, 0.1) is 17.8 Å². The summed E-state index contributed by atoms with van der Waals surface area (Å²) in [6.45, 7) is 14.1. The van der Waals surface area contributed by atoms with E-state index in [1.165, 1.54) is 27.7 Å². The summed E-state index contributed by atoms with van der Waals surface area (Å²) in [5.74, 6) is -14.2. The van der Waals surface area contributed by atoms with Crippen LogP contribution in [0.2, 0.25) is 0 Å². The third-order valence-corrected chi connectivity index (χ3v) is 13.7. The molecule has 0 aromatic heterocycles. The Balaban J connectivity index is 3.25. The predicted octanol–water partition coefficient (Wildman–Crippen LogP) is -7.36. The number of carbonyl (C=O) groups excluding carboxylic acids is 12. The van der Waals surface area contributed by atoms with Crippen molar-refractivity contribution in [3.8, 4) is 0 Å². The molecule has 0 unspecified atom stereocenters. The highest BCUT2D eigenvalue weighted by Gasteiger charge is 2.41. The number of carboxylic acid groups (broad SMARTS) is 1. The van der Waals surface area contributed by atoms with E-state index in [9.17, 15) is 82.8 Å². The fourth-order valence-electron chi connectivity index (χ4n) is 8.57. The van der Waals surface area contributed by atoms with Crippen LogP contribution in [0.3, 0.4) is 0 Å². The van der Waals surface area contributed by atoms with Crippen LogP contribution >= 0.6 is 12.6 Å². The molecule has 0 bridgehead atoms. The van der Waals surface area contributed by atoms with Crippen LogP contribution in [-0.2, 0) is 62.3 Å². The number of thiol groups is 1. The quantitative estimate of drug-likeness (QED) is 0.0119. The Labute approximate surface area is 504 Å². The van der Waals surface area contributed by atoms with E-state index >= 15 is 0 Å². The van der Waals surface area contributed by atoms with E-state index in [1.54, 1.807) is 41.5 Å². The second-order valence-electron chi connectivity index (χ2n) is 22.3. The molecule has 1 rings (SSSR count). The van der Waals surface area contributed by atoms with E-state index in [1.807, 2.05) is 0 Å². The number of aliphatic hydroxyl groups excluding tert-OH is 3. The molecule has 1 heterocycles. The Hall–Kier alpha value is -7.43. The third-order valence-electron chi connectivity index (χ3n) is 13.4. The summed E-state index contributed by atoms with van der Waals surface area (Å²) in [5.41, 5.74) is 21.8. The van der Waals surface area contributed by atoms with E-state index in [0.29, 0.717) is 6.42 Å². The number of aliphatic carboxylic acids is 1. The molecular formula is C52H92N16O17S. The van der Waals surface area contributed by atoms with Gasteiger partial charge in [-0.25, -0.2) is 4.79 Å². The average Bonchev–Trinajstić information content (AvgIpc) is 3.43. The molecule has 33 nitrogen and oxygen atoms in total. The number of carboxylic acids is 1. The van der Waals surface area contributed by atoms with Crippen molar-refractivity contribution in [2.75, 3.05) is 25.4 Å². The average molecular weight is 1250 g/mol. The Morgan fingerprint density at radius 1 is 0.558 bits per heavy atom. The lowest BCUT2D eigenvalue weighted by Gasteiger charge is -2.31. The summed E-state index contributed by atoms with van der Waals surface area (Å²) in [7, 11) is 0. The molecule has 14 atom stereocenters. The van der Waals surface area contributed by atoms with Gasteiger partial charge in [0.1, 0.15) is 72.5 Å². The number of carbonyl (C=O) groups is 13. The SMILES string of the molecule is CC(C)C[C@H](NC(=O)[C@H](CS)NC(=O)[C@H](CCCN=C(N)N)NC(=O)[C@H](CC(C)C)NC(=O)[C@@H](NC(=O)[C@@H]1CCCN1C(=O)[C@H](C)NC(=O)[C@@H](NC(=O)[C@H](C)NC(=O)[C@H](CC(N)=O)NC(=O)[C@H](CO)NC(=O)[C@@H](N)[C@@H](C)O)C(C)C)[C@@H](C)O)C(=O)O. The van der Waals surface area contributed by atoms with Crippen LogP contribution in [-0.4, -0.2) is 218 Å². The van der Waals surface area contributed by atoms with Gasteiger partial charge in [-0.1, -0.05) is 41.5 Å². The second-order valence-corrected chi connectivity index (χ2v) is 22.7. The van der Waals surface area contributed by atoms with Gasteiger partial charge in [0.25, 0.3) is 0 Å². The van der Waals surface area contributed by atoms with Crippen LogP contribution in [0.15, 0.2) is 4.99 Å². The largest absolute Gasteiger partial charge is 0.480 e. The highest BCUT2D eigenvalue weighted by Crippen LogP contribution is 2.20. The fourth-order valence-corrected chi connectivity index (χ4v) is 8.83. The monoisotopic (exact) mass is 1240 g/mol. The number of nitrogens with two attached hydrogens (primary N) is 4. The topological polar surface area (TPSA) is 543 Å². The van der Waals surface area contributed by atoms with Crippen molar-refractivity contribution < 1.29 is 82.8 Å². The lowest BCUT2D eigenvalue weighted by atomic mass is 10.0. The highest BCUT2D eigenvalue weighted by molar-refractivity contribution is 7.80. The molecule has 0 aromatic rings. The van der Waals surface area contributed by atoms with Crippen LogP contribution in [0.25, 0.3) is 0 Å². The van der Waals surface area contributed by atoms with E-state index in [0.717, 1.165) is 4.90 Å². The van der Waals surface area contributed by atoms with Gasteiger partial charge in [-0.05, 0) is 84.0 Å². The van der Waals surface area contributed by atoms with Crippen molar-refractivity contribution in [2.24, 2.45) is 45.7 Å². The second kappa shape index (κ2) is 37.2. The van der Waals surface area contributed by atoms with Gasteiger partial charge in [-0.2, -0.15) is 12.6 Å². The summed E-state index contributed by atoms with van der Waals surface area (Å²) in [6, 6.07) is -17.4. The number of hydrogen-bond acceptors (Lipinski definition) is 19. The first-order valence-corrected chi connectivity index (χ1v) is 28.8. The van der Waals surface area contributed by atoms with E-state index in [-0.39, 0.29) is 68.7 Å². The molecule has 0 spiro atoms. The zero-order chi connectivity index (χ0) is 66.0. The van der Waals surface area contributed by atoms with Gasteiger partial charge in [0, 0.05) is 18.8 Å². The van der Waals surface area contributed by atoms with Crippen molar-refractivity contribution in [2.45, 2.75) is 199 Å². The summed E-state index contributed by atoms with van der Waals surface area (Å²) in [5, 5.41) is 63.9. The molecule has 34 heteroatoms. The smallest absolute Gasteiger partial charge is 0.326 e. The Morgan fingerprint density at radius 2 is 1.03 bits per heavy atom. The van der Waals surface area contributed by atoms with E-state index in [4.69, 9.17) is 22.9 Å². The molecule has 1 saturated heterocycles. The molecule has 0 saturated carbocycles. The molecule has 488 valence electrons. The Bertz CT molecular complexity index is 2410. The summed E-state index contributed by atoms with van der Waals surface area (Å²) < 4.78 is 0. The number of nitrogens with zero attached hydrogens (tertiary/aromatic N) is 2. The highest BCUT2D eigenvalue weighted by atomic mass is 32.1. The molecule has 12 amide bonds. The fraction of sp³-hybridized carbons (Fsp3) is 0.731. The summed E-state index contributed by atoms with van der Waals surface area (Å²) in [6.07, 6.45) is -3.25. The maximum Gasteiger partial charge on any atom is 0.326 e. The first-order chi connectivity index (χ1) is 40.0.